The third-order valence-electron chi connectivity index (χ3n) is 0.744. The number of hydrogen-bond acceptors (Lipinski definition) is 5. The molecule has 0 bridgehead atoms. The van der Waals surface area contributed by atoms with Crippen LogP contribution in [0.5, 0.6) is 0 Å². The fourth-order valence-electron chi connectivity index (χ4n) is 0.344. The van der Waals surface area contributed by atoms with Gasteiger partial charge in [0.15, 0.2) is 0 Å². The largest absolute Gasteiger partial charge is 0.312 e. The number of nitrogens with zero attached hydrogens (tertiary/aromatic N) is 3. The van der Waals surface area contributed by atoms with E-state index in [4.69, 9.17) is 5.21 Å². The Morgan fingerprint density at radius 3 is 3.00 bits per heavy atom. The summed E-state index contributed by atoms with van der Waals surface area (Å²) in [5.74, 6) is 0. The molecule has 6 nitrogen and oxygen atoms in total. The highest BCUT2D eigenvalue weighted by Gasteiger charge is 1.85. The van der Waals surface area contributed by atoms with Crippen molar-refractivity contribution in [3.05, 3.63) is 4.91 Å². The number of hydrogen-bond donors (Lipinski definition) is 2. The van der Waals surface area contributed by atoms with Crippen molar-refractivity contribution in [3.63, 3.8) is 0 Å². The molecule has 0 amide bonds. The maximum atomic E-state index is 9.46. The molecule has 0 aromatic heterocycles. The average molecular weight is 146 g/mol. The van der Waals surface area contributed by atoms with Crippen LogP contribution in [0.1, 0.15) is 6.92 Å². The summed E-state index contributed by atoms with van der Waals surface area (Å²) in [6.45, 7) is 3.25. The van der Waals surface area contributed by atoms with Crippen LogP contribution in [0.15, 0.2) is 10.4 Å². The van der Waals surface area contributed by atoms with Crippen LogP contribution < -0.4 is 5.32 Å². The lowest BCUT2D eigenvalue weighted by molar-refractivity contribution is -0.0898. The average Bonchev–Trinajstić information content (AvgIpc) is 1.98. The highest BCUT2D eigenvalue weighted by molar-refractivity contribution is 5.58. The van der Waals surface area contributed by atoms with Crippen LogP contribution in [0.25, 0.3) is 0 Å². The molecule has 0 aliphatic rings. The Morgan fingerprint density at radius 1 is 1.80 bits per heavy atom. The monoisotopic (exact) mass is 146 g/mol. The SMILES string of the molecule is CCNCC=NN(O)N=O. The number of rotatable bonds is 5. The third-order valence-corrected chi connectivity index (χ3v) is 0.744. The van der Waals surface area contributed by atoms with E-state index in [0.29, 0.717) is 6.54 Å². The number of hydrazone groups is 1. The van der Waals surface area contributed by atoms with Gasteiger partial charge in [-0.05, 0) is 11.8 Å². The fourth-order valence-corrected chi connectivity index (χ4v) is 0.344. The zero-order valence-corrected chi connectivity index (χ0v) is 5.69. The van der Waals surface area contributed by atoms with Gasteiger partial charge >= 0.3 is 0 Å². The molecule has 0 aliphatic heterocycles. The molecule has 0 atom stereocenters. The van der Waals surface area contributed by atoms with Gasteiger partial charge in [-0.2, -0.15) is 0 Å². The van der Waals surface area contributed by atoms with E-state index < -0.39 is 0 Å². The summed E-state index contributed by atoms with van der Waals surface area (Å²) in [5, 5.41) is 16.5. The van der Waals surface area contributed by atoms with Gasteiger partial charge in [-0.25, -0.2) is 5.21 Å². The Kier molecular flexibility index (Phi) is 5.50. The number of nitroso groups, excluding NO2 is 1. The van der Waals surface area contributed by atoms with Crippen LogP contribution in [0.4, 0.5) is 0 Å². The smallest absolute Gasteiger partial charge is 0.103 e. The Hall–Kier alpha value is -1.01. The van der Waals surface area contributed by atoms with Gasteiger partial charge in [0.1, 0.15) is 5.29 Å². The maximum Gasteiger partial charge on any atom is 0.103 e. The Morgan fingerprint density at radius 2 is 2.50 bits per heavy atom. The van der Waals surface area contributed by atoms with E-state index in [0.717, 1.165) is 6.54 Å². The molecule has 0 aliphatic carbocycles. The Bertz CT molecular complexity index is 116. The van der Waals surface area contributed by atoms with Crippen molar-refractivity contribution in [3.8, 4) is 0 Å². The van der Waals surface area contributed by atoms with E-state index in [-0.39, 0.29) is 5.28 Å². The summed E-state index contributed by atoms with van der Waals surface area (Å²) in [6.07, 6.45) is 1.34. The van der Waals surface area contributed by atoms with Crippen molar-refractivity contribution in [2.75, 3.05) is 13.1 Å². The molecule has 0 saturated carbocycles. The first-order valence-electron chi connectivity index (χ1n) is 2.86. The molecule has 0 saturated heterocycles. The second-order valence-corrected chi connectivity index (χ2v) is 1.46. The zero-order valence-electron chi connectivity index (χ0n) is 5.69. The topological polar surface area (TPSA) is 77.3 Å². The van der Waals surface area contributed by atoms with Crippen LogP contribution >= 0.6 is 0 Å². The van der Waals surface area contributed by atoms with E-state index in [1.807, 2.05) is 6.92 Å². The third kappa shape index (κ3) is 5.13. The van der Waals surface area contributed by atoms with Crippen molar-refractivity contribution in [1.82, 2.24) is 10.6 Å². The molecule has 6 heteroatoms. The molecule has 58 valence electrons. The van der Waals surface area contributed by atoms with Gasteiger partial charge in [-0.3, -0.25) is 0 Å². The number of nitrogens with one attached hydrogen (secondary N) is 1. The van der Waals surface area contributed by atoms with E-state index in [2.05, 4.69) is 15.7 Å². The molecule has 10 heavy (non-hydrogen) atoms. The molecule has 2 N–H and O–H groups in total. The van der Waals surface area contributed by atoms with Gasteiger partial charge in [0, 0.05) is 12.8 Å². The second kappa shape index (κ2) is 6.12. The Labute approximate surface area is 58.4 Å². The highest BCUT2D eigenvalue weighted by atomic mass is 16.6. The van der Waals surface area contributed by atoms with Gasteiger partial charge in [0.05, 0.1) is 0 Å². The van der Waals surface area contributed by atoms with Crippen molar-refractivity contribution in [1.29, 1.82) is 0 Å². The molecule has 0 rings (SSSR count). The molecule has 0 radical (unpaired) electrons. The van der Waals surface area contributed by atoms with E-state index in [1.165, 1.54) is 6.21 Å². The van der Waals surface area contributed by atoms with E-state index in [1.54, 1.807) is 0 Å². The van der Waals surface area contributed by atoms with Crippen LogP contribution in [0.2, 0.25) is 0 Å². The van der Waals surface area contributed by atoms with Gasteiger partial charge in [-0.15, -0.1) is 10.0 Å². The normalized spacial score (nSPS) is 10.2. The standard InChI is InChI=1S/C4H10N4O2/c1-2-5-3-4-6-8(10)7-9/h4-5,10H,2-3H2,1H3. The van der Waals surface area contributed by atoms with Gasteiger partial charge < -0.3 is 5.32 Å². The van der Waals surface area contributed by atoms with Crippen LogP contribution in [-0.4, -0.2) is 29.8 Å². The van der Waals surface area contributed by atoms with Crippen LogP contribution in [-0.2, 0) is 0 Å². The minimum absolute atomic E-state index is 0.0304. The highest BCUT2D eigenvalue weighted by Crippen LogP contribution is 1.77. The molecule has 0 aromatic carbocycles. The van der Waals surface area contributed by atoms with Crippen molar-refractivity contribution >= 4 is 6.21 Å². The summed E-state index contributed by atoms with van der Waals surface area (Å²) in [7, 11) is 0. The lowest BCUT2D eigenvalue weighted by Crippen LogP contribution is -2.16. The summed E-state index contributed by atoms with van der Waals surface area (Å²) in [5.41, 5.74) is 0. The van der Waals surface area contributed by atoms with E-state index >= 15 is 0 Å². The summed E-state index contributed by atoms with van der Waals surface area (Å²) < 4.78 is 0. The van der Waals surface area contributed by atoms with Crippen molar-refractivity contribution in [2.24, 2.45) is 10.4 Å². The lowest BCUT2D eigenvalue weighted by Gasteiger charge is -1.95. The minimum Gasteiger partial charge on any atom is -0.312 e. The van der Waals surface area contributed by atoms with Crippen LogP contribution in [0.3, 0.4) is 0 Å². The molecular weight excluding hydrogens is 136 g/mol. The second-order valence-electron chi connectivity index (χ2n) is 1.46. The minimum atomic E-state index is -0.0304. The summed E-state index contributed by atoms with van der Waals surface area (Å²) in [6, 6.07) is 0. The first-order chi connectivity index (χ1) is 4.81. The molecule has 0 heterocycles. The molecular formula is C4H10N4O2. The molecule has 0 aromatic rings. The van der Waals surface area contributed by atoms with Crippen molar-refractivity contribution in [2.45, 2.75) is 6.92 Å². The first-order valence-corrected chi connectivity index (χ1v) is 2.86. The first kappa shape index (κ1) is 8.99. The lowest BCUT2D eigenvalue weighted by atomic mass is 10.6. The summed E-state index contributed by atoms with van der Waals surface area (Å²) in [4.78, 5) is 9.46. The molecule has 0 fully saturated rings. The molecule has 0 spiro atoms. The van der Waals surface area contributed by atoms with E-state index in [9.17, 15) is 4.91 Å². The van der Waals surface area contributed by atoms with Crippen molar-refractivity contribution < 1.29 is 5.21 Å². The summed E-state index contributed by atoms with van der Waals surface area (Å²) >= 11 is 0. The van der Waals surface area contributed by atoms with Gasteiger partial charge in [-0.1, -0.05) is 6.92 Å². The predicted octanol–water partition coefficient (Wildman–Crippen LogP) is -0.0457. The van der Waals surface area contributed by atoms with Gasteiger partial charge in [0.25, 0.3) is 0 Å². The fraction of sp³-hybridized carbons (Fsp3) is 0.750. The quantitative estimate of drug-likeness (QED) is 0.247. The predicted molar refractivity (Wildman–Crippen MR) is 36.5 cm³/mol. The van der Waals surface area contributed by atoms with Gasteiger partial charge in [0.2, 0.25) is 0 Å². The maximum absolute atomic E-state index is 9.46. The Balaban J connectivity index is 3.26. The molecule has 0 unspecified atom stereocenters. The van der Waals surface area contributed by atoms with Crippen LogP contribution in [0, 0.1) is 4.91 Å². The zero-order chi connectivity index (χ0) is 7.82.